The normalized spacial score (nSPS) is 22.2. The van der Waals surface area contributed by atoms with Crippen LogP contribution in [0.25, 0.3) is 0 Å². The van der Waals surface area contributed by atoms with Crippen molar-refractivity contribution in [2.24, 2.45) is 0 Å². The lowest BCUT2D eigenvalue weighted by Gasteiger charge is -2.40. The van der Waals surface area contributed by atoms with Crippen LogP contribution in [0.5, 0.6) is 0 Å². The standard InChI is InChI=1S/C19H21N3O3/c1-13-10-14(2)20-18(17(13)22(23)24)21-9-5-8-19(12-21)16-7-4-3-6-15(16)11-25-19/h3-4,6-7,10H,5,8-9,11-12H2,1-2H3. The summed E-state index contributed by atoms with van der Waals surface area (Å²) in [6, 6.07) is 10.0. The van der Waals surface area contributed by atoms with Gasteiger partial charge in [-0.15, -0.1) is 0 Å². The number of hydrogen-bond acceptors (Lipinski definition) is 5. The average Bonchev–Trinajstić information content (AvgIpc) is 2.92. The van der Waals surface area contributed by atoms with E-state index in [1.807, 2.05) is 24.0 Å². The molecule has 0 saturated carbocycles. The maximum absolute atomic E-state index is 11.6. The van der Waals surface area contributed by atoms with Gasteiger partial charge in [-0.2, -0.15) is 0 Å². The molecule has 3 heterocycles. The maximum Gasteiger partial charge on any atom is 0.314 e. The van der Waals surface area contributed by atoms with Gasteiger partial charge in [0, 0.05) is 17.8 Å². The van der Waals surface area contributed by atoms with Gasteiger partial charge >= 0.3 is 5.69 Å². The van der Waals surface area contributed by atoms with Gasteiger partial charge < -0.3 is 9.64 Å². The first-order valence-corrected chi connectivity index (χ1v) is 8.60. The summed E-state index contributed by atoms with van der Waals surface area (Å²) < 4.78 is 6.23. The zero-order valence-corrected chi connectivity index (χ0v) is 14.5. The predicted molar refractivity (Wildman–Crippen MR) is 94.7 cm³/mol. The number of ether oxygens (including phenoxy) is 1. The van der Waals surface area contributed by atoms with E-state index in [0.717, 1.165) is 25.1 Å². The third-order valence-electron chi connectivity index (χ3n) is 5.24. The van der Waals surface area contributed by atoms with Crippen LogP contribution in [0.4, 0.5) is 11.5 Å². The quantitative estimate of drug-likeness (QED) is 0.617. The van der Waals surface area contributed by atoms with E-state index in [1.54, 1.807) is 13.0 Å². The van der Waals surface area contributed by atoms with Gasteiger partial charge in [-0.1, -0.05) is 24.3 Å². The molecule has 1 fully saturated rings. The molecule has 1 aromatic heterocycles. The molecule has 1 spiro atoms. The molecule has 0 aliphatic carbocycles. The van der Waals surface area contributed by atoms with Gasteiger partial charge in [0.1, 0.15) is 5.60 Å². The van der Waals surface area contributed by atoms with Crippen molar-refractivity contribution in [3.05, 3.63) is 62.8 Å². The van der Waals surface area contributed by atoms with E-state index in [4.69, 9.17) is 4.74 Å². The van der Waals surface area contributed by atoms with Gasteiger partial charge in [-0.05, 0) is 43.9 Å². The molecule has 6 heteroatoms. The van der Waals surface area contributed by atoms with Crippen molar-refractivity contribution in [1.29, 1.82) is 0 Å². The third-order valence-corrected chi connectivity index (χ3v) is 5.24. The molecule has 1 aromatic carbocycles. The molecule has 1 unspecified atom stereocenters. The van der Waals surface area contributed by atoms with Crippen molar-refractivity contribution in [3.63, 3.8) is 0 Å². The number of nitrogens with zero attached hydrogens (tertiary/aromatic N) is 3. The lowest BCUT2D eigenvalue weighted by atomic mass is 9.85. The van der Waals surface area contributed by atoms with Crippen molar-refractivity contribution in [3.8, 4) is 0 Å². The smallest absolute Gasteiger partial charge is 0.314 e. The van der Waals surface area contributed by atoms with Crippen LogP contribution in [-0.4, -0.2) is 23.0 Å². The van der Waals surface area contributed by atoms with Crippen LogP contribution >= 0.6 is 0 Å². The lowest BCUT2D eigenvalue weighted by Crippen LogP contribution is -2.46. The zero-order chi connectivity index (χ0) is 17.6. The van der Waals surface area contributed by atoms with E-state index in [-0.39, 0.29) is 16.2 Å². The molecule has 2 aliphatic heterocycles. The van der Waals surface area contributed by atoms with Crippen LogP contribution in [0.15, 0.2) is 30.3 Å². The molecule has 0 N–H and O–H groups in total. The molecule has 130 valence electrons. The Bertz CT molecular complexity index is 848. The number of aryl methyl sites for hydroxylation is 2. The Kier molecular flexibility index (Phi) is 3.72. The summed E-state index contributed by atoms with van der Waals surface area (Å²) in [6.45, 7) is 5.61. The Labute approximate surface area is 146 Å². The highest BCUT2D eigenvalue weighted by atomic mass is 16.6. The minimum Gasteiger partial charge on any atom is -0.364 e. The van der Waals surface area contributed by atoms with Gasteiger partial charge in [0.25, 0.3) is 0 Å². The number of hydrogen-bond donors (Lipinski definition) is 0. The van der Waals surface area contributed by atoms with E-state index in [1.165, 1.54) is 11.1 Å². The molecule has 4 rings (SSSR count). The fraction of sp³-hybridized carbons (Fsp3) is 0.421. The van der Waals surface area contributed by atoms with Gasteiger partial charge in [0.2, 0.25) is 5.82 Å². The van der Waals surface area contributed by atoms with Crippen molar-refractivity contribution in [1.82, 2.24) is 4.98 Å². The average molecular weight is 339 g/mol. The van der Waals surface area contributed by atoms with Crippen molar-refractivity contribution in [2.75, 3.05) is 18.0 Å². The summed E-state index contributed by atoms with van der Waals surface area (Å²) >= 11 is 0. The number of pyridine rings is 1. The van der Waals surface area contributed by atoms with Crippen molar-refractivity contribution in [2.45, 2.75) is 38.9 Å². The van der Waals surface area contributed by atoms with E-state index in [0.29, 0.717) is 24.5 Å². The molecular formula is C19H21N3O3. The molecule has 0 amide bonds. The van der Waals surface area contributed by atoms with E-state index >= 15 is 0 Å². The second kappa shape index (κ2) is 5.81. The SMILES string of the molecule is Cc1cc(C)c([N+](=O)[O-])c(N2CCCC3(C2)OCc2ccccc23)n1. The Morgan fingerprint density at radius 1 is 1.32 bits per heavy atom. The van der Waals surface area contributed by atoms with Crippen LogP contribution in [-0.2, 0) is 16.9 Å². The molecule has 6 nitrogen and oxygen atoms in total. The highest BCUT2D eigenvalue weighted by Gasteiger charge is 2.44. The summed E-state index contributed by atoms with van der Waals surface area (Å²) in [5, 5.41) is 11.6. The summed E-state index contributed by atoms with van der Waals surface area (Å²) in [5.74, 6) is 0.467. The largest absolute Gasteiger partial charge is 0.364 e. The van der Waals surface area contributed by atoms with Gasteiger partial charge in [-0.25, -0.2) is 4.98 Å². The second-order valence-corrected chi connectivity index (χ2v) is 6.98. The van der Waals surface area contributed by atoms with Gasteiger partial charge in [0.15, 0.2) is 0 Å². The maximum atomic E-state index is 11.6. The molecule has 2 aromatic rings. The Morgan fingerprint density at radius 2 is 2.12 bits per heavy atom. The number of nitro groups is 1. The minimum atomic E-state index is -0.387. The summed E-state index contributed by atoms with van der Waals surface area (Å²) in [5.41, 5.74) is 3.60. The summed E-state index contributed by atoms with van der Waals surface area (Å²) in [4.78, 5) is 17.8. The third kappa shape index (κ3) is 2.57. The first kappa shape index (κ1) is 16.0. The number of benzene rings is 1. The van der Waals surface area contributed by atoms with Crippen LogP contribution in [0.1, 0.15) is 35.2 Å². The number of rotatable bonds is 2. The number of fused-ring (bicyclic) bond motifs is 2. The molecule has 25 heavy (non-hydrogen) atoms. The molecule has 2 aliphatic rings. The number of anilines is 1. The first-order valence-electron chi connectivity index (χ1n) is 8.60. The lowest BCUT2D eigenvalue weighted by molar-refractivity contribution is -0.385. The minimum absolute atomic E-state index is 0.105. The van der Waals surface area contributed by atoms with Crippen LogP contribution < -0.4 is 4.90 Å². The Balaban J connectivity index is 1.76. The molecular weight excluding hydrogens is 318 g/mol. The van der Waals surface area contributed by atoms with Crippen molar-refractivity contribution < 1.29 is 9.66 Å². The van der Waals surface area contributed by atoms with Crippen LogP contribution in [0.3, 0.4) is 0 Å². The number of aromatic nitrogens is 1. The van der Waals surface area contributed by atoms with Crippen molar-refractivity contribution >= 4 is 11.5 Å². The molecule has 0 radical (unpaired) electrons. The predicted octanol–water partition coefficient (Wildman–Crippen LogP) is 3.63. The topological polar surface area (TPSA) is 68.5 Å². The fourth-order valence-corrected chi connectivity index (χ4v) is 4.18. The zero-order valence-electron chi connectivity index (χ0n) is 14.5. The van der Waals surface area contributed by atoms with E-state index < -0.39 is 0 Å². The Morgan fingerprint density at radius 3 is 2.92 bits per heavy atom. The molecule has 0 bridgehead atoms. The summed E-state index contributed by atoms with van der Waals surface area (Å²) in [6.07, 6.45) is 1.85. The monoisotopic (exact) mass is 339 g/mol. The summed E-state index contributed by atoms with van der Waals surface area (Å²) in [7, 11) is 0. The highest BCUT2D eigenvalue weighted by molar-refractivity contribution is 5.63. The van der Waals surface area contributed by atoms with Gasteiger partial charge in [0.05, 0.1) is 18.1 Å². The van der Waals surface area contributed by atoms with Crippen LogP contribution in [0, 0.1) is 24.0 Å². The first-order chi connectivity index (χ1) is 12.0. The van der Waals surface area contributed by atoms with E-state index in [9.17, 15) is 10.1 Å². The molecule has 1 saturated heterocycles. The van der Waals surface area contributed by atoms with Gasteiger partial charge in [-0.3, -0.25) is 10.1 Å². The second-order valence-electron chi connectivity index (χ2n) is 6.98. The van der Waals surface area contributed by atoms with E-state index in [2.05, 4.69) is 17.1 Å². The van der Waals surface area contributed by atoms with Crippen LogP contribution in [0.2, 0.25) is 0 Å². The number of piperidine rings is 1. The molecule has 1 atom stereocenters. The Hall–Kier alpha value is -2.47. The fourth-order valence-electron chi connectivity index (χ4n) is 4.18. The highest BCUT2D eigenvalue weighted by Crippen LogP contribution is 2.44.